The highest BCUT2D eigenvalue weighted by molar-refractivity contribution is 5.67. The van der Waals surface area contributed by atoms with E-state index >= 15 is 0 Å². The lowest BCUT2D eigenvalue weighted by molar-refractivity contribution is -0.137. The van der Waals surface area contributed by atoms with Crippen molar-refractivity contribution in [3.63, 3.8) is 0 Å². The molecule has 1 atom stereocenters. The monoisotopic (exact) mass is 182 g/mol. The van der Waals surface area contributed by atoms with Crippen molar-refractivity contribution in [1.29, 1.82) is 0 Å². The van der Waals surface area contributed by atoms with Gasteiger partial charge in [-0.25, -0.2) is 0 Å². The van der Waals surface area contributed by atoms with Crippen molar-refractivity contribution >= 4 is 5.97 Å². The predicted molar refractivity (Wildman–Crippen MR) is 49.3 cm³/mol. The second-order valence-corrected chi connectivity index (χ2v) is 3.25. The van der Waals surface area contributed by atoms with Gasteiger partial charge in [-0.15, -0.1) is 0 Å². The third-order valence-electron chi connectivity index (χ3n) is 1.83. The molecule has 0 bridgehead atoms. The minimum atomic E-state index is -0.844. The van der Waals surface area contributed by atoms with Crippen molar-refractivity contribution in [2.45, 2.75) is 18.9 Å². The molecular formula is C9H14N2O2. The fraction of sp³-hybridized carbons (Fsp3) is 0.444. The fourth-order valence-corrected chi connectivity index (χ4v) is 1.28. The first-order valence-corrected chi connectivity index (χ1v) is 4.16. The summed E-state index contributed by atoms with van der Waals surface area (Å²) in [7, 11) is 1.92. The van der Waals surface area contributed by atoms with Crippen LogP contribution in [-0.4, -0.2) is 21.7 Å². The highest BCUT2D eigenvalue weighted by Crippen LogP contribution is 2.04. The summed E-state index contributed by atoms with van der Waals surface area (Å²) in [6.45, 7) is 0. The van der Waals surface area contributed by atoms with Crippen LogP contribution in [0.2, 0.25) is 0 Å². The van der Waals surface area contributed by atoms with Gasteiger partial charge in [0.1, 0.15) is 0 Å². The van der Waals surface area contributed by atoms with Crippen LogP contribution in [0, 0.1) is 0 Å². The minimum Gasteiger partial charge on any atom is -0.481 e. The maximum Gasteiger partial charge on any atom is 0.304 e. The summed E-state index contributed by atoms with van der Waals surface area (Å²) in [4.78, 5) is 10.3. The molecule has 0 spiro atoms. The summed E-state index contributed by atoms with van der Waals surface area (Å²) in [6, 6.07) is 1.65. The van der Waals surface area contributed by atoms with Gasteiger partial charge in [0.15, 0.2) is 0 Å². The number of nitrogens with two attached hydrogens (primary N) is 1. The standard InChI is InChI=1S/C9H14N2O2/c1-11-3-2-7(6-11)4-8(10)5-9(12)13/h2-3,6,8H,4-5,10H2,1H3,(H,12,13). The van der Waals surface area contributed by atoms with E-state index < -0.39 is 5.97 Å². The maximum atomic E-state index is 10.3. The predicted octanol–water partition coefficient (Wildman–Crippen LogP) is 0.370. The van der Waals surface area contributed by atoms with E-state index in [1.54, 1.807) is 0 Å². The molecule has 0 radical (unpaired) electrons. The van der Waals surface area contributed by atoms with Crippen LogP contribution in [0.15, 0.2) is 18.5 Å². The number of hydrogen-bond acceptors (Lipinski definition) is 2. The molecule has 1 aromatic rings. The number of carboxylic acids is 1. The maximum absolute atomic E-state index is 10.3. The average Bonchev–Trinajstić information content (AvgIpc) is 2.33. The Kier molecular flexibility index (Phi) is 3.08. The molecule has 1 unspecified atom stereocenters. The molecule has 0 aliphatic carbocycles. The molecule has 4 heteroatoms. The number of aliphatic carboxylic acids is 1. The second-order valence-electron chi connectivity index (χ2n) is 3.25. The topological polar surface area (TPSA) is 68.2 Å². The molecule has 0 saturated heterocycles. The molecule has 13 heavy (non-hydrogen) atoms. The van der Waals surface area contributed by atoms with Crippen LogP contribution in [0.25, 0.3) is 0 Å². The quantitative estimate of drug-likeness (QED) is 0.706. The third kappa shape index (κ3) is 3.29. The molecule has 4 nitrogen and oxygen atoms in total. The lowest BCUT2D eigenvalue weighted by Crippen LogP contribution is -2.25. The van der Waals surface area contributed by atoms with Gasteiger partial charge in [-0.3, -0.25) is 4.79 Å². The number of nitrogens with zero attached hydrogens (tertiary/aromatic N) is 1. The molecule has 3 N–H and O–H groups in total. The van der Waals surface area contributed by atoms with E-state index in [-0.39, 0.29) is 12.5 Å². The Bertz CT molecular complexity index is 294. The first kappa shape index (κ1) is 9.80. The number of hydrogen-bond donors (Lipinski definition) is 2. The smallest absolute Gasteiger partial charge is 0.304 e. The van der Waals surface area contributed by atoms with E-state index in [1.165, 1.54) is 0 Å². The Labute approximate surface area is 77.0 Å². The summed E-state index contributed by atoms with van der Waals surface area (Å²) < 4.78 is 1.92. The summed E-state index contributed by atoms with van der Waals surface area (Å²) in [5, 5.41) is 8.48. The van der Waals surface area contributed by atoms with Crippen LogP contribution in [0.3, 0.4) is 0 Å². The summed E-state index contributed by atoms with van der Waals surface area (Å²) >= 11 is 0. The summed E-state index contributed by atoms with van der Waals surface area (Å²) in [5.41, 5.74) is 6.71. The molecular weight excluding hydrogens is 168 g/mol. The van der Waals surface area contributed by atoms with Crippen LogP contribution in [-0.2, 0) is 18.3 Å². The van der Waals surface area contributed by atoms with Gasteiger partial charge in [-0.1, -0.05) is 0 Å². The molecule has 0 aliphatic rings. The normalized spacial score (nSPS) is 12.8. The fourth-order valence-electron chi connectivity index (χ4n) is 1.28. The molecule has 0 saturated carbocycles. The van der Waals surface area contributed by atoms with E-state index in [0.717, 1.165) is 5.56 Å². The highest BCUT2D eigenvalue weighted by Gasteiger charge is 2.08. The van der Waals surface area contributed by atoms with Crippen LogP contribution < -0.4 is 5.73 Å². The summed E-state index contributed by atoms with van der Waals surface area (Å²) in [5.74, 6) is -0.844. The van der Waals surface area contributed by atoms with E-state index in [1.807, 2.05) is 30.1 Å². The summed E-state index contributed by atoms with van der Waals surface area (Å²) in [6.07, 6.45) is 4.51. The van der Waals surface area contributed by atoms with Crippen LogP contribution in [0.5, 0.6) is 0 Å². The largest absolute Gasteiger partial charge is 0.481 e. The molecule has 0 aromatic carbocycles. The SMILES string of the molecule is Cn1ccc(CC(N)CC(=O)O)c1. The Morgan fingerprint density at radius 2 is 2.46 bits per heavy atom. The van der Waals surface area contributed by atoms with Gasteiger partial charge in [-0.05, 0) is 18.1 Å². The molecule has 72 valence electrons. The molecule has 1 heterocycles. The zero-order valence-electron chi connectivity index (χ0n) is 7.60. The van der Waals surface area contributed by atoms with E-state index in [2.05, 4.69) is 0 Å². The number of aryl methyl sites for hydroxylation is 1. The molecule has 0 amide bonds. The van der Waals surface area contributed by atoms with E-state index in [4.69, 9.17) is 10.8 Å². The third-order valence-corrected chi connectivity index (χ3v) is 1.83. The van der Waals surface area contributed by atoms with Crippen LogP contribution >= 0.6 is 0 Å². The minimum absolute atomic E-state index is 0.0227. The van der Waals surface area contributed by atoms with Gasteiger partial charge >= 0.3 is 5.97 Å². The van der Waals surface area contributed by atoms with Crippen molar-refractivity contribution in [1.82, 2.24) is 4.57 Å². The van der Waals surface area contributed by atoms with Crippen molar-refractivity contribution in [3.05, 3.63) is 24.0 Å². The Morgan fingerprint density at radius 1 is 1.77 bits per heavy atom. The van der Waals surface area contributed by atoms with Gasteiger partial charge < -0.3 is 15.4 Å². The van der Waals surface area contributed by atoms with Gasteiger partial charge in [0.05, 0.1) is 6.42 Å². The average molecular weight is 182 g/mol. The number of aromatic nitrogens is 1. The highest BCUT2D eigenvalue weighted by atomic mass is 16.4. The van der Waals surface area contributed by atoms with E-state index in [0.29, 0.717) is 6.42 Å². The Hall–Kier alpha value is -1.29. The number of carbonyl (C=O) groups is 1. The van der Waals surface area contributed by atoms with Crippen LogP contribution in [0.4, 0.5) is 0 Å². The second kappa shape index (κ2) is 4.09. The molecule has 0 fully saturated rings. The first-order valence-electron chi connectivity index (χ1n) is 4.16. The van der Waals surface area contributed by atoms with Gasteiger partial charge in [0.2, 0.25) is 0 Å². The lowest BCUT2D eigenvalue weighted by Gasteiger charge is -2.06. The van der Waals surface area contributed by atoms with Crippen molar-refractivity contribution < 1.29 is 9.90 Å². The zero-order valence-corrected chi connectivity index (χ0v) is 7.60. The van der Waals surface area contributed by atoms with Gasteiger partial charge in [0.25, 0.3) is 0 Å². The number of rotatable bonds is 4. The van der Waals surface area contributed by atoms with Crippen molar-refractivity contribution in [2.75, 3.05) is 0 Å². The number of carboxylic acid groups (broad SMARTS) is 1. The van der Waals surface area contributed by atoms with Gasteiger partial charge in [0, 0.05) is 25.5 Å². The van der Waals surface area contributed by atoms with E-state index in [9.17, 15) is 4.79 Å². The van der Waals surface area contributed by atoms with Crippen molar-refractivity contribution in [2.24, 2.45) is 12.8 Å². The van der Waals surface area contributed by atoms with Crippen molar-refractivity contribution in [3.8, 4) is 0 Å². The Balaban J connectivity index is 2.44. The molecule has 1 rings (SSSR count). The molecule has 0 aliphatic heterocycles. The van der Waals surface area contributed by atoms with Gasteiger partial charge in [-0.2, -0.15) is 0 Å². The zero-order chi connectivity index (χ0) is 9.84. The lowest BCUT2D eigenvalue weighted by atomic mass is 10.1. The first-order chi connectivity index (χ1) is 6.08. The van der Waals surface area contributed by atoms with Crippen LogP contribution in [0.1, 0.15) is 12.0 Å². The Morgan fingerprint density at radius 3 is 2.92 bits per heavy atom. The molecule has 1 aromatic heterocycles.